The second-order valence-electron chi connectivity index (χ2n) is 8.42. The van der Waals surface area contributed by atoms with Crippen LogP contribution in [0.3, 0.4) is 0 Å². The molecule has 7 nitrogen and oxygen atoms in total. The molecule has 7 heteroatoms. The summed E-state index contributed by atoms with van der Waals surface area (Å²) in [5.41, 5.74) is 4.99. The fraction of sp³-hybridized carbons (Fsp3) is 0.250. The van der Waals surface area contributed by atoms with E-state index in [-0.39, 0.29) is 11.3 Å². The van der Waals surface area contributed by atoms with E-state index in [1.807, 2.05) is 30.3 Å². The van der Waals surface area contributed by atoms with Crippen molar-refractivity contribution in [1.82, 2.24) is 20.4 Å². The van der Waals surface area contributed by atoms with E-state index in [0.29, 0.717) is 5.82 Å². The van der Waals surface area contributed by atoms with E-state index in [1.54, 1.807) is 0 Å². The Labute approximate surface area is 181 Å². The number of carbonyl (C=O) groups excluding carboxylic acids is 1. The van der Waals surface area contributed by atoms with E-state index in [0.717, 1.165) is 34.5 Å². The first-order valence-electron chi connectivity index (χ1n) is 10.2. The summed E-state index contributed by atoms with van der Waals surface area (Å²) in [5.74, 6) is 1.07. The van der Waals surface area contributed by atoms with Gasteiger partial charge in [0.15, 0.2) is 5.82 Å². The Morgan fingerprint density at radius 1 is 1.03 bits per heavy atom. The van der Waals surface area contributed by atoms with Crippen molar-refractivity contribution in [3.63, 3.8) is 0 Å². The van der Waals surface area contributed by atoms with Crippen molar-refractivity contribution >= 4 is 28.4 Å². The molecule has 0 saturated carbocycles. The average molecular weight is 415 g/mol. The summed E-state index contributed by atoms with van der Waals surface area (Å²) in [4.78, 5) is 11.4. The molecular formula is C24H26N6O. The van der Waals surface area contributed by atoms with Crippen molar-refractivity contribution in [2.75, 3.05) is 17.2 Å². The lowest BCUT2D eigenvalue weighted by molar-refractivity contribution is -0.114. The number of hydrogen-bond donors (Lipinski definition) is 3. The number of hydrogen-bond acceptors (Lipinski definition) is 5. The monoisotopic (exact) mass is 414 g/mol. The van der Waals surface area contributed by atoms with Gasteiger partial charge in [0.1, 0.15) is 5.82 Å². The summed E-state index contributed by atoms with van der Waals surface area (Å²) in [7, 11) is 0. The Bertz CT molecular complexity index is 1210. The van der Waals surface area contributed by atoms with E-state index in [9.17, 15) is 4.79 Å². The van der Waals surface area contributed by atoms with Crippen LogP contribution in [0.25, 0.3) is 22.2 Å². The van der Waals surface area contributed by atoms with Crippen LogP contribution in [0, 0.1) is 6.92 Å². The molecule has 4 aromatic rings. The topological polar surface area (TPSA) is 95.6 Å². The highest BCUT2D eigenvalue weighted by Crippen LogP contribution is 2.27. The molecule has 0 aliphatic heterocycles. The summed E-state index contributed by atoms with van der Waals surface area (Å²) >= 11 is 0. The minimum atomic E-state index is -0.164. The van der Waals surface area contributed by atoms with Gasteiger partial charge in [-0.15, -0.1) is 10.2 Å². The zero-order valence-corrected chi connectivity index (χ0v) is 18.2. The molecule has 2 aromatic heterocycles. The van der Waals surface area contributed by atoms with Crippen molar-refractivity contribution in [1.29, 1.82) is 0 Å². The third-order valence-electron chi connectivity index (χ3n) is 5.36. The number of aromatic amines is 1. The largest absolute Gasteiger partial charge is 0.368 e. The predicted octanol–water partition coefficient (Wildman–Crippen LogP) is 4.68. The van der Waals surface area contributed by atoms with Gasteiger partial charge in [0.2, 0.25) is 5.91 Å². The van der Waals surface area contributed by atoms with Crippen LogP contribution in [0.1, 0.15) is 31.9 Å². The van der Waals surface area contributed by atoms with Gasteiger partial charge in [-0.25, -0.2) is 0 Å². The van der Waals surface area contributed by atoms with Crippen LogP contribution in [0.15, 0.2) is 54.6 Å². The van der Waals surface area contributed by atoms with Gasteiger partial charge in [0.25, 0.3) is 0 Å². The number of rotatable bonds is 6. The lowest BCUT2D eigenvalue weighted by Gasteiger charge is -2.26. The molecule has 3 N–H and O–H groups in total. The highest BCUT2D eigenvalue weighted by molar-refractivity contribution is 6.00. The molecule has 0 radical (unpaired) electrons. The first-order chi connectivity index (χ1) is 14.8. The molecule has 0 bridgehead atoms. The van der Waals surface area contributed by atoms with Crippen molar-refractivity contribution in [2.45, 2.75) is 33.1 Å². The molecule has 2 heterocycles. The van der Waals surface area contributed by atoms with Crippen LogP contribution in [0.2, 0.25) is 0 Å². The first-order valence-corrected chi connectivity index (χ1v) is 10.2. The second kappa shape index (κ2) is 8.18. The first kappa shape index (κ1) is 20.5. The maximum atomic E-state index is 11.4. The third-order valence-corrected chi connectivity index (χ3v) is 5.36. The fourth-order valence-corrected chi connectivity index (χ4v) is 3.43. The zero-order chi connectivity index (χ0) is 22.0. The maximum absolute atomic E-state index is 11.4. The van der Waals surface area contributed by atoms with Gasteiger partial charge in [0.05, 0.1) is 11.2 Å². The number of carbonyl (C=O) groups is 1. The van der Waals surface area contributed by atoms with Gasteiger partial charge in [-0.1, -0.05) is 49.7 Å². The summed E-state index contributed by atoms with van der Waals surface area (Å²) in [6.07, 6.45) is 0. The Hall–Kier alpha value is -3.74. The normalized spacial score (nSPS) is 11.5. The van der Waals surface area contributed by atoms with E-state index < -0.39 is 0 Å². The molecule has 0 aliphatic rings. The van der Waals surface area contributed by atoms with Crippen molar-refractivity contribution in [3.8, 4) is 11.3 Å². The number of H-pyrrole nitrogens is 1. The molecule has 0 atom stereocenters. The molecule has 2 aromatic carbocycles. The van der Waals surface area contributed by atoms with Crippen LogP contribution in [-0.4, -0.2) is 32.8 Å². The quantitative estimate of drug-likeness (QED) is 0.426. The number of nitrogens with zero attached hydrogens (tertiary/aromatic N) is 3. The number of anilines is 2. The fourth-order valence-electron chi connectivity index (χ4n) is 3.43. The number of amides is 1. The summed E-state index contributed by atoms with van der Waals surface area (Å²) in [5, 5.41) is 22.8. The van der Waals surface area contributed by atoms with Crippen LogP contribution in [0.5, 0.6) is 0 Å². The van der Waals surface area contributed by atoms with Crippen molar-refractivity contribution < 1.29 is 4.79 Å². The van der Waals surface area contributed by atoms with E-state index >= 15 is 0 Å². The number of aromatic nitrogens is 4. The molecule has 31 heavy (non-hydrogen) atoms. The van der Waals surface area contributed by atoms with E-state index in [1.165, 1.54) is 18.1 Å². The smallest absolute Gasteiger partial charge is 0.222 e. The van der Waals surface area contributed by atoms with Crippen molar-refractivity contribution in [3.05, 3.63) is 65.7 Å². The molecule has 0 saturated heterocycles. The number of aryl methyl sites for hydroxylation is 1. The Morgan fingerprint density at radius 3 is 2.48 bits per heavy atom. The summed E-state index contributed by atoms with van der Waals surface area (Å²) < 4.78 is 0. The van der Waals surface area contributed by atoms with E-state index in [2.05, 4.69) is 76.1 Å². The van der Waals surface area contributed by atoms with Gasteiger partial charge < -0.3 is 10.6 Å². The Morgan fingerprint density at radius 2 is 1.81 bits per heavy atom. The second-order valence-corrected chi connectivity index (χ2v) is 8.42. The molecule has 0 fully saturated rings. The predicted molar refractivity (Wildman–Crippen MR) is 124 cm³/mol. The molecule has 0 spiro atoms. The molecule has 1 amide bonds. The van der Waals surface area contributed by atoms with Crippen LogP contribution < -0.4 is 10.6 Å². The van der Waals surface area contributed by atoms with Crippen molar-refractivity contribution in [2.24, 2.45) is 0 Å². The molecule has 158 valence electrons. The average Bonchev–Trinajstić information content (AvgIpc) is 3.14. The highest BCUT2D eigenvalue weighted by atomic mass is 16.1. The third kappa shape index (κ3) is 4.55. The van der Waals surface area contributed by atoms with Crippen LogP contribution >= 0.6 is 0 Å². The lowest BCUT2D eigenvalue weighted by Crippen LogP contribution is -2.28. The van der Waals surface area contributed by atoms with Gasteiger partial charge in [0, 0.05) is 29.8 Å². The maximum Gasteiger partial charge on any atom is 0.222 e. The number of fused-ring (bicyclic) bond motifs is 1. The number of nitrogens with one attached hydrogen (secondary N) is 3. The molecule has 4 rings (SSSR count). The van der Waals surface area contributed by atoms with Crippen LogP contribution in [0.4, 0.5) is 11.6 Å². The standard InChI is InChI=1S/C24H26N6O/c1-15-5-8-18(9-6-15)24(3,4)14-25-22-12-11-20(27-29-22)17-7-10-21-19(13-17)23(30-28-21)26-16(2)31/h5-13H,14H2,1-4H3,(H,25,29)(H2,26,28,30,31). The van der Waals surface area contributed by atoms with Gasteiger partial charge in [-0.3, -0.25) is 9.89 Å². The Kier molecular flexibility index (Phi) is 5.42. The summed E-state index contributed by atoms with van der Waals surface area (Å²) in [6.45, 7) is 8.71. The molecular weight excluding hydrogens is 388 g/mol. The minimum absolute atomic E-state index is 0.0412. The number of benzene rings is 2. The summed E-state index contributed by atoms with van der Waals surface area (Å²) in [6, 6.07) is 18.3. The van der Waals surface area contributed by atoms with E-state index in [4.69, 9.17) is 0 Å². The van der Waals surface area contributed by atoms with Gasteiger partial charge >= 0.3 is 0 Å². The Balaban J connectivity index is 1.49. The van der Waals surface area contributed by atoms with Crippen LogP contribution in [-0.2, 0) is 10.2 Å². The SMILES string of the molecule is CC(=O)Nc1n[nH]c2ccc(-c3ccc(NCC(C)(C)c4ccc(C)cc4)nn3)cc12. The molecule has 0 aliphatic carbocycles. The van der Waals surface area contributed by atoms with Gasteiger partial charge in [-0.05, 0) is 36.8 Å². The highest BCUT2D eigenvalue weighted by Gasteiger charge is 2.20. The lowest BCUT2D eigenvalue weighted by atomic mass is 9.84. The zero-order valence-electron chi connectivity index (χ0n) is 18.2. The van der Waals surface area contributed by atoms with Gasteiger partial charge in [-0.2, -0.15) is 5.10 Å². The minimum Gasteiger partial charge on any atom is -0.368 e. The molecule has 0 unspecified atom stereocenters.